The third-order valence-corrected chi connectivity index (χ3v) is 3.03. The number of aliphatic hydroxyl groups is 1. The van der Waals surface area contributed by atoms with Crippen LogP contribution in [0.25, 0.3) is 0 Å². The van der Waals surface area contributed by atoms with Gasteiger partial charge in [-0.15, -0.1) is 0 Å². The SMILES string of the molecule is CCCCO.CCC[CH2][SnH]=[O]. The van der Waals surface area contributed by atoms with E-state index in [0.717, 1.165) is 17.3 Å². The van der Waals surface area contributed by atoms with Gasteiger partial charge in [-0.1, -0.05) is 13.3 Å². The molecule has 0 aromatic heterocycles. The summed E-state index contributed by atoms with van der Waals surface area (Å²) < 4.78 is 10.9. The van der Waals surface area contributed by atoms with Crippen LogP contribution in [0.15, 0.2) is 0 Å². The third kappa shape index (κ3) is 25.0. The van der Waals surface area contributed by atoms with Crippen LogP contribution in [-0.2, 0) is 3.08 Å². The Hall–Kier alpha value is 0.559. The van der Waals surface area contributed by atoms with Gasteiger partial charge in [0, 0.05) is 6.61 Å². The van der Waals surface area contributed by atoms with E-state index in [1.54, 1.807) is 0 Å². The molecule has 0 atom stereocenters. The summed E-state index contributed by atoms with van der Waals surface area (Å²) in [5, 5.41) is 8.07. The van der Waals surface area contributed by atoms with E-state index in [1.165, 1.54) is 12.8 Å². The number of rotatable bonds is 5. The van der Waals surface area contributed by atoms with Crippen molar-refractivity contribution in [2.75, 3.05) is 6.61 Å². The third-order valence-electron chi connectivity index (χ3n) is 1.19. The maximum absolute atomic E-state index is 9.88. The fourth-order valence-electron chi connectivity index (χ4n) is 0.446. The number of unbranched alkanes of at least 4 members (excludes halogenated alkanes) is 2. The van der Waals surface area contributed by atoms with E-state index in [2.05, 4.69) is 13.8 Å². The summed E-state index contributed by atoms with van der Waals surface area (Å²) in [7, 11) is 0. The summed E-state index contributed by atoms with van der Waals surface area (Å²) in [6.07, 6.45) is 4.43. The fourth-order valence-corrected chi connectivity index (χ4v) is 2.09. The molecule has 3 heteroatoms. The van der Waals surface area contributed by atoms with Crippen molar-refractivity contribution in [3.63, 3.8) is 0 Å². The van der Waals surface area contributed by atoms with Gasteiger partial charge in [0.05, 0.1) is 0 Å². The Bertz CT molecular complexity index is 65.1. The second-order valence-corrected chi connectivity index (χ2v) is 4.99. The van der Waals surface area contributed by atoms with E-state index < -0.39 is 21.1 Å². The van der Waals surface area contributed by atoms with Crippen molar-refractivity contribution in [1.29, 1.82) is 0 Å². The molecular formula is C8H20O2Sn. The predicted octanol–water partition coefficient (Wildman–Crippen LogP) is 1.77. The van der Waals surface area contributed by atoms with Gasteiger partial charge in [0.15, 0.2) is 0 Å². The Balaban J connectivity index is 0. The topological polar surface area (TPSA) is 37.3 Å². The fraction of sp³-hybridized carbons (Fsp3) is 1.00. The van der Waals surface area contributed by atoms with Gasteiger partial charge in [-0.05, 0) is 6.42 Å². The summed E-state index contributed by atoms with van der Waals surface area (Å²) in [6.45, 7) is 4.52. The van der Waals surface area contributed by atoms with Gasteiger partial charge in [-0.3, -0.25) is 0 Å². The predicted molar refractivity (Wildman–Crippen MR) is 49.5 cm³/mol. The molecule has 0 fully saturated rings. The molecule has 0 spiro atoms. The Morgan fingerprint density at radius 2 is 1.73 bits per heavy atom. The van der Waals surface area contributed by atoms with Crippen LogP contribution in [0.4, 0.5) is 0 Å². The molecular weight excluding hydrogens is 247 g/mol. The van der Waals surface area contributed by atoms with Gasteiger partial charge in [-0.25, -0.2) is 0 Å². The molecule has 11 heavy (non-hydrogen) atoms. The van der Waals surface area contributed by atoms with Crippen molar-refractivity contribution in [2.45, 2.75) is 44.0 Å². The molecule has 0 aromatic carbocycles. The van der Waals surface area contributed by atoms with Crippen LogP contribution in [0.3, 0.4) is 0 Å². The van der Waals surface area contributed by atoms with Crippen molar-refractivity contribution in [3.05, 3.63) is 0 Å². The minimum absolute atomic E-state index is 0.344. The monoisotopic (exact) mass is 268 g/mol. The maximum atomic E-state index is 9.88. The molecule has 68 valence electrons. The van der Waals surface area contributed by atoms with Gasteiger partial charge in [-0.2, -0.15) is 0 Å². The van der Waals surface area contributed by atoms with Gasteiger partial charge in [0.1, 0.15) is 0 Å². The van der Waals surface area contributed by atoms with Crippen LogP contribution >= 0.6 is 0 Å². The van der Waals surface area contributed by atoms with Gasteiger partial charge in [0.25, 0.3) is 0 Å². The van der Waals surface area contributed by atoms with Gasteiger partial charge >= 0.3 is 48.4 Å². The molecule has 0 aliphatic rings. The standard InChI is InChI=1S/C4H10O.C4H9.O.Sn.H/c1-2-3-4-5;1-3-4-2;;;/h5H,2-4H2,1H3;1,3-4H2,2H3;;;. The molecule has 2 nitrogen and oxygen atoms in total. The van der Waals surface area contributed by atoms with Crippen LogP contribution in [0.1, 0.15) is 39.5 Å². The minimum atomic E-state index is -1.20. The molecule has 0 aliphatic heterocycles. The second-order valence-electron chi connectivity index (χ2n) is 2.39. The second kappa shape index (κ2) is 16.9. The average Bonchev–Trinajstić information content (AvgIpc) is 2.04. The van der Waals surface area contributed by atoms with Crippen molar-refractivity contribution < 1.29 is 8.18 Å². The van der Waals surface area contributed by atoms with E-state index in [1.807, 2.05) is 0 Å². The molecule has 0 aromatic rings. The van der Waals surface area contributed by atoms with Crippen molar-refractivity contribution in [2.24, 2.45) is 0 Å². The molecule has 0 amide bonds. The zero-order valence-electron chi connectivity index (χ0n) is 7.68. The van der Waals surface area contributed by atoms with Crippen LogP contribution in [-0.4, -0.2) is 32.8 Å². The van der Waals surface area contributed by atoms with Crippen LogP contribution in [0, 0.1) is 0 Å². The zero-order chi connectivity index (χ0) is 8.95. The molecule has 0 saturated carbocycles. The summed E-state index contributed by atoms with van der Waals surface area (Å²) in [5.74, 6) is 0. The molecule has 0 bridgehead atoms. The molecule has 0 aliphatic carbocycles. The van der Waals surface area contributed by atoms with Crippen molar-refractivity contribution in [3.8, 4) is 0 Å². The Labute approximate surface area is 80.0 Å². The Morgan fingerprint density at radius 1 is 1.18 bits per heavy atom. The zero-order valence-corrected chi connectivity index (χ0v) is 11.0. The normalized spacial score (nSPS) is 8.27. The summed E-state index contributed by atoms with van der Waals surface area (Å²) in [6, 6.07) is 0. The van der Waals surface area contributed by atoms with Crippen molar-refractivity contribution >= 4 is 21.1 Å². The summed E-state index contributed by atoms with van der Waals surface area (Å²) >= 11 is -1.20. The van der Waals surface area contributed by atoms with Gasteiger partial charge < -0.3 is 5.11 Å². The molecule has 0 heterocycles. The van der Waals surface area contributed by atoms with Crippen LogP contribution in [0.5, 0.6) is 0 Å². The first-order chi connectivity index (χ1) is 5.33. The van der Waals surface area contributed by atoms with E-state index >= 15 is 0 Å². The molecule has 1 N–H and O–H groups in total. The molecule has 0 radical (unpaired) electrons. The Morgan fingerprint density at radius 3 is 1.82 bits per heavy atom. The summed E-state index contributed by atoms with van der Waals surface area (Å²) in [5.41, 5.74) is 0. The van der Waals surface area contributed by atoms with Gasteiger partial charge in [0.2, 0.25) is 0 Å². The quantitative estimate of drug-likeness (QED) is 0.608. The number of hydrogen-bond donors (Lipinski definition) is 1. The first kappa shape index (κ1) is 14.1. The Kier molecular flexibility index (Phi) is 21.6. The molecule has 0 unspecified atom stereocenters. The first-order valence-corrected chi connectivity index (χ1v) is 8.05. The number of aliphatic hydroxyl groups excluding tert-OH is 1. The van der Waals surface area contributed by atoms with E-state index in [0.29, 0.717) is 6.61 Å². The molecule has 0 rings (SSSR count). The average molecular weight is 267 g/mol. The van der Waals surface area contributed by atoms with E-state index in [9.17, 15) is 3.08 Å². The van der Waals surface area contributed by atoms with E-state index in [-0.39, 0.29) is 0 Å². The molecule has 0 saturated heterocycles. The van der Waals surface area contributed by atoms with Crippen molar-refractivity contribution in [1.82, 2.24) is 0 Å². The van der Waals surface area contributed by atoms with Crippen LogP contribution < -0.4 is 0 Å². The summed E-state index contributed by atoms with van der Waals surface area (Å²) in [4.78, 5) is 0. The number of hydrogen-bond acceptors (Lipinski definition) is 2. The van der Waals surface area contributed by atoms with E-state index in [4.69, 9.17) is 5.11 Å². The van der Waals surface area contributed by atoms with Crippen LogP contribution in [0.2, 0.25) is 4.44 Å². The first-order valence-electron chi connectivity index (χ1n) is 4.37.